The third kappa shape index (κ3) is 4.85. The van der Waals surface area contributed by atoms with E-state index in [4.69, 9.17) is 11.6 Å². The third-order valence-corrected chi connectivity index (χ3v) is 4.60. The molecule has 118 valence electrons. The monoisotopic (exact) mass is 335 g/mol. The Morgan fingerprint density at radius 2 is 1.73 bits per heavy atom. The molecular formula is C18H22ClNOS. The maximum absolute atomic E-state index is 11.3. The minimum atomic E-state index is -0.849. The molecule has 0 aromatic heterocycles. The first-order valence-corrected chi connectivity index (χ1v) is 9.47. The van der Waals surface area contributed by atoms with E-state index in [9.17, 15) is 4.21 Å². The molecule has 2 aromatic rings. The van der Waals surface area contributed by atoms with Gasteiger partial charge in [0.25, 0.3) is 0 Å². The predicted octanol–water partition coefficient (Wildman–Crippen LogP) is 4.95. The smallest absolute Gasteiger partial charge is 0.0637 e. The summed E-state index contributed by atoms with van der Waals surface area (Å²) in [5, 5.41) is 4.05. The Kier molecular flexibility index (Phi) is 6.04. The standard InChI is InChI=1S/C18H22ClNOS/c1-13(2)16-7-4-14(5-8-16)11-20-18-10-15(12-22(3)21)6-9-17(18)19/h4-10,13,20H,11-12H2,1-3H3/t22-/m1/s1. The van der Waals surface area contributed by atoms with E-state index in [-0.39, 0.29) is 0 Å². The quantitative estimate of drug-likeness (QED) is 0.808. The van der Waals surface area contributed by atoms with Crippen molar-refractivity contribution in [2.24, 2.45) is 0 Å². The van der Waals surface area contributed by atoms with Crippen molar-refractivity contribution in [3.63, 3.8) is 0 Å². The van der Waals surface area contributed by atoms with Crippen molar-refractivity contribution in [3.05, 3.63) is 64.2 Å². The zero-order chi connectivity index (χ0) is 16.1. The van der Waals surface area contributed by atoms with Crippen LogP contribution in [0.4, 0.5) is 5.69 Å². The Morgan fingerprint density at radius 3 is 2.32 bits per heavy atom. The van der Waals surface area contributed by atoms with Gasteiger partial charge in [-0.1, -0.05) is 55.8 Å². The Labute approximate surface area is 140 Å². The number of halogens is 1. The molecule has 1 N–H and O–H groups in total. The molecule has 0 bridgehead atoms. The number of nitrogens with one attached hydrogen (secondary N) is 1. The summed E-state index contributed by atoms with van der Waals surface area (Å²) >= 11 is 6.23. The highest BCUT2D eigenvalue weighted by Gasteiger charge is 2.04. The average Bonchev–Trinajstić information content (AvgIpc) is 2.47. The molecule has 0 fully saturated rings. The summed E-state index contributed by atoms with van der Waals surface area (Å²) in [7, 11) is -0.849. The van der Waals surface area contributed by atoms with Gasteiger partial charge in [-0.2, -0.15) is 0 Å². The maximum atomic E-state index is 11.3. The van der Waals surface area contributed by atoms with E-state index in [1.54, 1.807) is 6.26 Å². The summed E-state index contributed by atoms with van der Waals surface area (Å²) in [6.07, 6.45) is 1.71. The minimum Gasteiger partial charge on any atom is -0.380 e. The molecule has 0 aliphatic carbocycles. The highest BCUT2D eigenvalue weighted by molar-refractivity contribution is 7.83. The highest BCUT2D eigenvalue weighted by atomic mass is 35.5. The van der Waals surface area contributed by atoms with E-state index < -0.39 is 10.8 Å². The Bertz CT molecular complexity index is 653. The van der Waals surface area contributed by atoms with Crippen LogP contribution in [0.3, 0.4) is 0 Å². The second-order valence-electron chi connectivity index (χ2n) is 5.78. The van der Waals surface area contributed by atoms with Crippen molar-refractivity contribution in [2.45, 2.75) is 32.1 Å². The molecule has 0 aliphatic heterocycles. The van der Waals surface area contributed by atoms with Crippen LogP contribution in [0.2, 0.25) is 5.02 Å². The van der Waals surface area contributed by atoms with E-state index in [2.05, 4.69) is 43.4 Å². The topological polar surface area (TPSA) is 29.1 Å². The minimum absolute atomic E-state index is 0.544. The van der Waals surface area contributed by atoms with Gasteiger partial charge in [0.1, 0.15) is 0 Å². The van der Waals surface area contributed by atoms with Crippen molar-refractivity contribution in [3.8, 4) is 0 Å². The van der Waals surface area contributed by atoms with Crippen molar-refractivity contribution in [2.75, 3.05) is 11.6 Å². The lowest BCUT2D eigenvalue weighted by Crippen LogP contribution is -2.02. The molecule has 0 saturated heterocycles. The van der Waals surface area contributed by atoms with Gasteiger partial charge in [0.15, 0.2) is 0 Å². The van der Waals surface area contributed by atoms with Crippen molar-refractivity contribution >= 4 is 28.1 Å². The Morgan fingerprint density at radius 1 is 1.09 bits per heavy atom. The second kappa shape index (κ2) is 7.80. The Hall–Kier alpha value is -1.32. The molecule has 1 atom stereocenters. The third-order valence-electron chi connectivity index (χ3n) is 3.53. The van der Waals surface area contributed by atoms with Crippen molar-refractivity contribution < 1.29 is 4.21 Å². The molecule has 2 nitrogen and oxygen atoms in total. The van der Waals surface area contributed by atoms with E-state index in [1.165, 1.54) is 11.1 Å². The van der Waals surface area contributed by atoms with E-state index in [0.29, 0.717) is 16.7 Å². The molecule has 4 heteroatoms. The molecule has 0 unspecified atom stereocenters. The van der Waals surface area contributed by atoms with Crippen LogP contribution in [0, 0.1) is 0 Å². The second-order valence-corrected chi connectivity index (χ2v) is 7.62. The molecule has 0 spiro atoms. The normalized spacial score (nSPS) is 12.4. The van der Waals surface area contributed by atoms with E-state index in [1.807, 2.05) is 18.2 Å². The summed E-state index contributed by atoms with van der Waals surface area (Å²) in [5.41, 5.74) is 4.47. The lowest BCUT2D eigenvalue weighted by molar-refractivity contribution is 0.686. The molecule has 2 aromatic carbocycles. The number of anilines is 1. The van der Waals surface area contributed by atoms with Gasteiger partial charge in [0.2, 0.25) is 0 Å². The molecule has 0 heterocycles. The number of hydrogen-bond acceptors (Lipinski definition) is 2. The molecular weight excluding hydrogens is 314 g/mol. The van der Waals surface area contributed by atoms with Gasteiger partial charge in [-0.3, -0.25) is 4.21 Å². The first-order chi connectivity index (χ1) is 10.5. The fraction of sp³-hybridized carbons (Fsp3) is 0.333. The van der Waals surface area contributed by atoms with Crippen molar-refractivity contribution in [1.29, 1.82) is 0 Å². The first-order valence-electron chi connectivity index (χ1n) is 7.37. The summed E-state index contributed by atoms with van der Waals surface area (Å²) in [5.74, 6) is 1.10. The largest absolute Gasteiger partial charge is 0.380 e. The van der Waals surface area contributed by atoms with Crippen LogP contribution in [-0.4, -0.2) is 10.5 Å². The average molecular weight is 336 g/mol. The van der Waals surface area contributed by atoms with Gasteiger partial charge in [-0.05, 0) is 34.7 Å². The van der Waals surface area contributed by atoms with Gasteiger partial charge in [0, 0.05) is 29.4 Å². The van der Waals surface area contributed by atoms with Crippen LogP contribution < -0.4 is 5.32 Å². The van der Waals surface area contributed by atoms with Crippen LogP contribution in [0.25, 0.3) is 0 Å². The van der Waals surface area contributed by atoms with E-state index in [0.717, 1.165) is 17.8 Å². The summed E-state index contributed by atoms with van der Waals surface area (Å²) < 4.78 is 11.3. The zero-order valence-electron chi connectivity index (χ0n) is 13.2. The number of benzene rings is 2. The first kappa shape index (κ1) is 17.0. The lowest BCUT2D eigenvalue weighted by atomic mass is 10.0. The SMILES string of the molecule is CC(C)c1ccc(CNc2cc(C[S@@](C)=O)ccc2Cl)cc1. The van der Waals surface area contributed by atoms with Crippen LogP contribution in [-0.2, 0) is 23.1 Å². The highest BCUT2D eigenvalue weighted by Crippen LogP contribution is 2.24. The van der Waals surface area contributed by atoms with Gasteiger partial charge in [-0.25, -0.2) is 0 Å². The predicted molar refractivity (Wildman–Crippen MR) is 97.1 cm³/mol. The Balaban J connectivity index is 2.05. The van der Waals surface area contributed by atoms with Crippen LogP contribution in [0.15, 0.2) is 42.5 Å². The zero-order valence-corrected chi connectivity index (χ0v) is 14.8. The molecule has 22 heavy (non-hydrogen) atoms. The molecule has 0 saturated carbocycles. The van der Waals surface area contributed by atoms with Crippen molar-refractivity contribution in [1.82, 2.24) is 0 Å². The maximum Gasteiger partial charge on any atom is 0.0637 e. The number of hydrogen-bond donors (Lipinski definition) is 1. The van der Waals surface area contributed by atoms with Gasteiger partial charge in [-0.15, -0.1) is 0 Å². The van der Waals surface area contributed by atoms with Crippen LogP contribution in [0.5, 0.6) is 0 Å². The summed E-state index contributed by atoms with van der Waals surface area (Å²) in [4.78, 5) is 0. The summed E-state index contributed by atoms with van der Waals surface area (Å²) in [6, 6.07) is 14.4. The fourth-order valence-electron chi connectivity index (χ4n) is 2.25. The van der Waals surface area contributed by atoms with Crippen LogP contribution >= 0.6 is 11.6 Å². The molecule has 0 amide bonds. The lowest BCUT2D eigenvalue weighted by Gasteiger charge is -2.11. The summed E-state index contributed by atoms with van der Waals surface area (Å²) in [6.45, 7) is 5.10. The molecule has 0 radical (unpaired) electrons. The van der Waals surface area contributed by atoms with E-state index >= 15 is 0 Å². The van der Waals surface area contributed by atoms with Gasteiger partial charge >= 0.3 is 0 Å². The van der Waals surface area contributed by atoms with Gasteiger partial charge < -0.3 is 5.32 Å². The number of rotatable bonds is 6. The molecule has 2 rings (SSSR count). The van der Waals surface area contributed by atoms with Gasteiger partial charge in [0.05, 0.1) is 10.7 Å². The van der Waals surface area contributed by atoms with Crippen LogP contribution in [0.1, 0.15) is 36.5 Å². The fourth-order valence-corrected chi connectivity index (χ4v) is 3.08. The molecule has 0 aliphatic rings.